The second-order valence-electron chi connectivity index (χ2n) is 7.10. The quantitative estimate of drug-likeness (QED) is 0.651. The summed E-state index contributed by atoms with van der Waals surface area (Å²) in [6, 6.07) is 5.71. The molecule has 0 saturated carbocycles. The Bertz CT molecular complexity index is 915. The van der Waals surface area contributed by atoms with E-state index in [1.54, 1.807) is 29.2 Å². The first-order valence-corrected chi connectivity index (χ1v) is 11.5. The average molecular weight is 443 g/mol. The van der Waals surface area contributed by atoms with Crippen molar-refractivity contribution < 1.29 is 22.8 Å². The molecule has 0 spiro atoms. The fourth-order valence-corrected chi connectivity index (χ4v) is 4.44. The molecular formula is C18H23ClN4O5S. The molecule has 2 saturated heterocycles. The van der Waals surface area contributed by atoms with Crippen LogP contribution in [0.1, 0.15) is 18.4 Å². The second kappa shape index (κ2) is 8.68. The lowest BCUT2D eigenvalue weighted by Gasteiger charge is -2.33. The number of halogens is 1. The Hall–Kier alpha value is -2.17. The van der Waals surface area contributed by atoms with E-state index in [0.29, 0.717) is 23.7 Å². The van der Waals surface area contributed by atoms with Gasteiger partial charge in [0, 0.05) is 37.6 Å². The van der Waals surface area contributed by atoms with Gasteiger partial charge in [-0.15, -0.1) is 0 Å². The summed E-state index contributed by atoms with van der Waals surface area (Å²) in [6.07, 6.45) is 1.43. The number of sulfonamides is 1. The van der Waals surface area contributed by atoms with E-state index in [2.05, 4.69) is 5.32 Å². The summed E-state index contributed by atoms with van der Waals surface area (Å²) in [6.45, 7) is 1.22. The Labute approximate surface area is 174 Å². The van der Waals surface area contributed by atoms with Crippen LogP contribution in [0.15, 0.2) is 24.3 Å². The predicted octanol–water partition coefficient (Wildman–Crippen LogP) is 0.644. The molecule has 0 aromatic heterocycles. The first kappa shape index (κ1) is 21.5. The summed E-state index contributed by atoms with van der Waals surface area (Å²) in [5.41, 5.74) is 0.665. The molecule has 2 aliphatic heterocycles. The van der Waals surface area contributed by atoms with Crippen molar-refractivity contribution in [2.75, 3.05) is 32.4 Å². The van der Waals surface area contributed by atoms with Gasteiger partial charge < -0.3 is 10.2 Å². The van der Waals surface area contributed by atoms with Gasteiger partial charge in [0.15, 0.2) is 0 Å². The van der Waals surface area contributed by atoms with Crippen molar-refractivity contribution in [1.29, 1.82) is 0 Å². The SMILES string of the molecule is CS(=O)(=O)N1CCN(C(=O)CCC2NC(=O)N(Cc3ccccc3Cl)C2=O)CC1. The maximum Gasteiger partial charge on any atom is 0.325 e. The van der Waals surface area contributed by atoms with E-state index in [1.165, 1.54) is 4.31 Å². The molecule has 11 heteroatoms. The summed E-state index contributed by atoms with van der Waals surface area (Å²) in [5, 5.41) is 3.09. The number of hydrogen-bond acceptors (Lipinski definition) is 5. The Balaban J connectivity index is 1.51. The zero-order valence-electron chi connectivity index (χ0n) is 16.0. The van der Waals surface area contributed by atoms with Crippen LogP contribution in [0, 0.1) is 0 Å². The molecule has 2 aliphatic rings. The van der Waals surface area contributed by atoms with E-state index in [0.717, 1.165) is 11.2 Å². The molecule has 9 nitrogen and oxygen atoms in total. The lowest BCUT2D eigenvalue weighted by molar-refractivity contribution is -0.133. The Kier molecular flexibility index (Phi) is 6.45. The third-order valence-electron chi connectivity index (χ3n) is 5.10. The molecule has 1 aromatic carbocycles. The molecule has 2 heterocycles. The third-order valence-corrected chi connectivity index (χ3v) is 6.77. The van der Waals surface area contributed by atoms with Crippen molar-refractivity contribution in [3.8, 4) is 0 Å². The first-order valence-electron chi connectivity index (χ1n) is 9.25. The van der Waals surface area contributed by atoms with Gasteiger partial charge in [-0.2, -0.15) is 4.31 Å². The molecule has 2 fully saturated rings. The first-order chi connectivity index (χ1) is 13.7. The molecule has 0 bridgehead atoms. The monoisotopic (exact) mass is 442 g/mol. The van der Waals surface area contributed by atoms with E-state index in [4.69, 9.17) is 11.6 Å². The van der Waals surface area contributed by atoms with E-state index >= 15 is 0 Å². The topological polar surface area (TPSA) is 107 Å². The number of carbonyl (C=O) groups excluding carboxylic acids is 3. The van der Waals surface area contributed by atoms with Crippen LogP contribution in [-0.4, -0.2) is 78.8 Å². The van der Waals surface area contributed by atoms with Crippen LogP contribution in [0.25, 0.3) is 0 Å². The smallest absolute Gasteiger partial charge is 0.325 e. The fraction of sp³-hybridized carbons (Fsp3) is 0.500. The van der Waals surface area contributed by atoms with Crippen molar-refractivity contribution in [2.24, 2.45) is 0 Å². The van der Waals surface area contributed by atoms with Crippen molar-refractivity contribution in [2.45, 2.75) is 25.4 Å². The Morgan fingerprint density at radius 2 is 1.83 bits per heavy atom. The molecule has 158 valence electrons. The summed E-state index contributed by atoms with van der Waals surface area (Å²) in [5.74, 6) is -0.547. The van der Waals surface area contributed by atoms with Gasteiger partial charge in [0.05, 0.1) is 12.8 Å². The number of imide groups is 1. The van der Waals surface area contributed by atoms with Crippen LogP contribution >= 0.6 is 11.6 Å². The second-order valence-corrected chi connectivity index (χ2v) is 9.49. The van der Waals surface area contributed by atoms with E-state index in [9.17, 15) is 22.8 Å². The predicted molar refractivity (Wildman–Crippen MR) is 107 cm³/mol. The van der Waals surface area contributed by atoms with Crippen LogP contribution in [0.3, 0.4) is 0 Å². The Morgan fingerprint density at radius 1 is 1.17 bits per heavy atom. The number of carbonyl (C=O) groups is 3. The highest BCUT2D eigenvalue weighted by molar-refractivity contribution is 7.88. The van der Waals surface area contributed by atoms with E-state index in [1.807, 2.05) is 0 Å². The van der Waals surface area contributed by atoms with Crippen molar-refractivity contribution in [1.82, 2.24) is 19.4 Å². The van der Waals surface area contributed by atoms with E-state index in [-0.39, 0.29) is 44.3 Å². The maximum atomic E-state index is 12.6. The molecule has 0 aliphatic carbocycles. The summed E-state index contributed by atoms with van der Waals surface area (Å²) >= 11 is 6.10. The van der Waals surface area contributed by atoms with Gasteiger partial charge in [-0.05, 0) is 18.1 Å². The lowest BCUT2D eigenvalue weighted by atomic mass is 10.1. The maximum absolute atomic E-state index is 12.6. The number of piperazine rings is 1. The minimum absolute atomic E-state index is 0.0717. The number of hydrogen-bond donors (Lipinski definition) is 1. The highest BCUT2D eigenvalue weighted by Crippen LogP contribution is 2.21. The zero-order chi connectivity index (χ0) is 21.2. The molecule has 1 atom stereocenters. The van der Waals surface area contributed by atoms with Crippen LogP contribution in [0.2, 0.25) is 5.02 Å². The van der Waals surface area contributed by atoms with Gasteiger partial charge in [0.25, 0.3) is 5.91 Å². The molecule has 0 radical (unpaired) electrons. The summed E-state index contributed by atoms with van der Waals surface area (Å²) in [4.78, 5) is 39.9. The molecule has 1 N–H and O–H groups in total. The summed E-state index contributed by atoms with van der Waals surface area (Å²) < 4.78 is 24.4. The van der Waals surface area contributed by atoms with Crippen LogP contribution in [-0.2, 0) is 26.2 Å². The molecule has 3 rings (SSSR count). The van der Waals surface area contributed by atoms with Crippen LogP contribution < -0.4 is 5.32 Å². The van der Waals surface area contributed by atoms with Crippen molar-refractivity contribution in [3.05, 3.63) is 34.9 Å². The van der Waals surface area contributed by atoms with E-state index < -0.39 is 22.1 Å². The number of nitrogens with one attached hydrogen (secondary N) is 1. The molecule has 1 aromatic rings. The minimum Gasteiger partial charge on any atom is -0.340 e. The standard InChI is InChI=1S/C18H23ClN4O5S/c1-29(27,28)22-10-8-21(9-11-22)16(24)7-6-15-17(25)23(18(26)20-15)12-13-4-2-3-5-14(13)19/h2-5,15H,6-12H2,1H3,(H,20,26). The molecule has 29 heavy (non-hydrogen) atoms. The normalized spacial score (nSPS) is 20.8. The molecule has 4 amide bonds. The van der Waals surface area contributed by atoms with Crippen molar-refractivity contribution >= 4 is 39.5 Å². The lowest BCUT2D eigenvalue weighted by Crippen LogP contribution is -2.50. The molecule has 1 unspecified atom stereocenters. The Morgan fingerprint density at radius 3 is 2.45 bits per heavy atom. The highest BCUT2D eigenvalue weighted by atomic mass is 35.5. The fourth-order valence-electron chi connectivity index (χ4n) is 3.41. The third kappa shape index (κ3) is 5.06. The number of benzene rings is 1. The zero-order valence-corrected chi connectivity index (χ0v) is 17.6. The van der Waals surface area contributed by atoms with Gasteiger partial charge in [-0.3, -0.25) is 14.5 Å². The largest absolute Gasteiger partial charge is 0.340 e. The van der Waals surface area contributed by atoms with Gasteiger partial charge in [-0.25, -0.2) is 13.2 Å². The molecular weight excluding hydrogens is 420 g/mol. The highest BCUT2D eigenvalue weighted by Gasteiger charge is 2.38. The number of urea groups is 1. The number of nitrogens with zero attached hydrogens (tertiary/aromatic N) is 3. The number of rotatable bonds is 6. The minimum atomic E-state index is -3.26. The summed E-state index contributed by atoms with van der Waals surface area (Å²) in [7, 11) is -3.26. The van der Waals surface area contributed by atoms with Crippen LogP contribution in [0.5, 0.6) is 0 Å². The van der Waals surface area contributed by atoms with Gasteiger partial charge in [0.1, 0.15) is 6.04 Å². The van der Waals surface area contributed by atoms with Crippen molar-refractivity contribution in [3.63, 3.8) is 0 Å². The van der Waals surface area contributed by atoms with Gasteiger partial charge in [-0.1, -0.05) is 29.8 Å². The van der Waals surface area contributed by atoms with Gasteiger partial charge in [0.2, 0.25) is 15.9 Å². The van der Waals surface area contributed by atoms with Gasteiger partial charge >= 0.3 is 6.03 Å². The number of amides is 4. The average Bonchev–Trinajstić information content (AvgIpc) is 2.94. The van der Waals surface area contributed by atoms with Crippen LogP contribution in [0.4, 0.5) is 4.79 Å².